The number of rotatable bonds is 6. The fourth-order valence-electron chi connectivity index (χ4n) is 4.02. The van der Waals surface area contributed by atoms with E-state index in [-0.39, 0.29) is 18.3 Å². The first-order chi connectivity index (χ1) is 15.6. The monoisotopic (exact) mass is 427 g/mol. The van der Waals surface area contributed by atoms with E-state index in [0.29, 0.717) is 11.3 Å². The summed E-state index contributed by atoms with van der Waals surface area (Å²) in [4.78, 5) is 17.3. The van der Waals surface area contributed by atoms with E-state index in [1.165, 1.54) is 0 Å². The van der Waals surface area contributed by atoms with Crippen molar-refractivity contribution in [2.24, 2.45) is 0 Å². The lowest BCUT2D eigenvalue weighted by atomic mass is 10.0. The normalized spacial score (nSPS) is 13.3. The number of ether oxygens (including phenoxy) is 1. The van der Waals surface area contributed by atoms with Crippen LogP contribution in [0.5, 0.6) is 5.75 Å². The zero-order valence-electron chi connectivity index (χ0n) is 18.2. The fraction of sp³-hybridized carbons (Fsp3) is 0.280. The highest BCUT2D eigenvalue weighted by molar-refractivity contribution is 5.97. The van der Waals surface area contributed by atoms with Crippen molar-refractivity contribution >= 4 is 16.7 Å². The molecule has 0 amide bonds. The van der Waals surface area contributed by atoms with Gasteiger partial charge in [0.1, 0.15) is 11.6 Å². The van der Waals surface area contributed by atoms with Gasteiger partial charge in [0.25, 0.3) is 0 Å². The van der Waals surface area contributed by atoms with Gasteiger partial charge in [0.15, 0.2) is 5.78 Å². The fourth-order valence-corrected chi connectivity index (χ4v) is 4.02. The molecule has 3 heterocycles. The number of Topliss-reactive ketones (excluding diaryl/α,β-unsaturated/α-hetero) is 1. The van der Waals surface area contributed by atoms with Crippen LogP contribution < -0.4 is 10.1 Å². The maximum atomic E-state index is 12.8. The Morgan fingerprint density at radius 2 is 1.97 bits per heavy atom. The zero-order chi connectivity index (χ0) is 22.1. The highest BCUT2D eigenvalue weighted by Gasteiger charge is 2.16. The molecule has 0 atom stereocenters. The van der Waals surface area contributed by atoms with E-state index in [4.69, 9.17) is 4.74 Å². The number of carbonyl (C=O) groups excluding carboxylic acids is 1. The van der Waals surface area contributed by atoms with Gasteiger partial charge in [-0.1, -0.05) is 6.07 Å². The summed E-state index contributed by atoms with van der Waals surface area (Å²) >= 11 is 0. The van der Waals surface area contributed by atoms with Gasteiger partial charge in [-0.2, -0.15) is 10.2 Å². The summed E-state index contributed by atoms with van der Waals surface area (Å²) in [5, 5.41) is 12.9. The molecule has 1 aliphatic heterocycles. The molecule has 0 spiro atoms. The first-order valence-electron chi connectivity index (χ1n) is 10.9. The third-order valence-corrected chi connectivity index (χ3v) is 5.55. The number of ketones is 1. The van der Waals surface area contributed by atoms with E-state index < -0.39 is 0 Å². The van der Waals surface area contributed by atoms with Crippen LogP contribution in [0.3, 0.4) is 0 Å². The van der Waals surface area contributed by atoms with Gasteiger partial charge in [0, 0.05) is 29.6 Å². The van der Waals surface area contributed by atoms with Crippen LogP contribution in [0, 0.1) is 0 Å². The number of nitrogens with zero attached hydrogens (tertiary/aromatic N) is 4. The van der Waals surface area contributed by atoms with Crippen LogP contribution in [0.4, 0.5) is 0 Å². The highest BCUT2D eigenvalue weighted by atomic mass is 16.5. The molecule has 1 N–H and O–H groups in total. The van der Waals surface area contributed by atoms with E-state index in [2.05, 4.69) is 37.2 Å². The maximum absolute atomic E-state index is 12.8. The molecule has 7 nitrogen and oxygen atoms in total. The Kier molecular flexibility index (Phi) is 5.41. The Bertz CT molecular complexity index is 1280. The van der Waals surface area contributed by atoms with Gasteiger partial charge in [-0.3, -0.25) is 4.79 Å². The largest absolute Gasteiger partial charge is 0.491 e. The molecule has 162 valence electrons. The molecule has 5 rings (SSSR count). The standard InChI is InChI=1S/C25H25N5O2/c1-16(2)32-21-6-3-17(4-7-21)24(31)13-20-12-19-11-18(5-8-22(19)29-28-20)23-14-27-25-15-26-9-10-30(23)25/h3-8,11-12,14,16,26H,9-10,13,15H2,1-2H3. The summed E-state index contributed by atoms with van der Waals surface area (Å²) in [5.74, 6) is 1.81. The van der Waals surface area contributed by atoms with Crippen LogP contribution in [0.1, 0.15) is 35.7 Å². The Morgan fingerprint density at radius 1 is 1.12 bits per heavy atom. The lowest BCUT2D eigenvalue weighted by Crippen LogP contribution is -2.28. The van der Waals surface area contributed by atoms with Crippen molar-refractivity contribution in [2.45, 2.75) is 39.5 Å². The van der Waals surface area contributed by atoms with Crippen molar-refractivity contribution in [3.05, 3.63) is 71.8 Å². The third kappa shape index (κ3) is 4.11. The number of aromatic nitrogens is 4. The molecule has 0 saturated carbocycles. The van der Waals surface area contributed by atoms with Crippen molar-refractivity contribution in [3.8, 4) is 17.0 Å². The average molecular weight is 428 g/mol. The van der Waals surface area contributed by atoms with Gasteiger partial charge < -0.3 is 14.6 Å². The summed E-state index contributed by atoms with van der Waals surface area (Å²) in [6.07, 6.45) is 2.22. The van der Waals surface area contributed by atoms with Crippen LogP contribution >= 0.6 is 0 Å². The first-order valence-corrected chi connectivity index (χ1v) is 10.9. The first kappa shape index (κ1) is 20.3. The molecule has 0 fully saturated rings. The minimum Gasteiger partial charge on any atom is -0.491 e. The molecule has 32 heavy (non-hydrogen) atoms. The quantitative estimate of drug-likeness (QED) is 0.471. The van der Waals surface area contributed by atoms with Crippen LogP contribution in [-0.2, 0) is 19.5 Å². The lowest BCUT2D eigenvalue weighted by Gasteiger charge is -2.17. The Labute approximate surface area is 186 Å². The summed E-state index contributed by atoms with van der Waals surface area (Å²) < 4.78 is 7.90. The summed E-state index contributed by atoms with van der Waals surface area (Å²) in [7, 11) is 0. The molecule has 4 aromatic rings. The number of nitrogens with one attached hydrogen (secondary N) is 1. The van der Waals surface area contributed by atoms with E-state index in [9.17, 15) is 4.79 Å². The van der Waals surface area contributed by atoms with Gasteiger partial charge in [0.2, 0.25) is 0 Å². The lowest BCUT2D eigenvalue weighted by molar-refractivity contribution is 0.0991. The van der Waals surface area contributed by atoms with Gasteiger partial charge in [-0.15, -0.1) is 0 Å². The van der Waals surface area contributed by atoms with Gasteiger partial charge >= 0.3 is 0 Å². The Balaban J connectivity index is 1.38. The third-order valence-electron chi connectivity index (χ3n) is 5.55. The molecule has 1 aliphatic rings. The van der Waals surface area contributed by atoms with E-state index in [1.54, 1.807) is 12.1 Å². The van der Waals surface area contributed by atoms with Crippen LogP contribution in [0.2, 0.25) is 0 Å². The highest BCUT2D eigenvalue weighted by Crippen LogP contribution is 2.26. The van der Waals surface area contributed by atoms with Gasteiger partial charge in [0.05, 0.1) is 42.2 Å². The SMILES string of the molecule is CC(C)Oc1ccc(C(=O)Cc2cc3cc(-c4cnc5n4CCNC5)ccc3nn2)cc1. The minimum absolute atomic E-state index is 0.00302. The van der Waals surface area contributed by atoms with Crippen LogP contribution in [0.15, 0.2) is 54.7 Å². The van der Waals surface area contributed by atoms with Crippen molar-refractivity contribution in [3.63, 3.8) is 0 Å². The topological polar surface area (TPSA) is 81.9 Å². The molecule has 0 saturated heterocycles. The summed E-state index contributed by atoms with van der Waals surface area (Å²) in [6, 6.07) is 15.3. The minimum atomic E-state index is 0.00302. The van der Waals surface area contributed by atoms with Crippen LogP contribution in [-0.4, -0.2) is 38.2 Å². The number of hydrogen-bond acceptors (Lipinski definition) is 6. The van der Waals surface area contributed by atoms with Gasteiger partial charge in [-0.25, -0.2) is 4.98 Å². The molecular formula is C25H25N5O2. The molecule has 2 aromatic carbocycles. The summed E-state index contributed by atoms with van der Waals surface area (Å²) in [6.45, 7) is 6.57. The van der Waals surface area contributed by atoms with Gasteiger partial charge in [-0.05, 0) is 56.3 Å². The molecule has 0 aliphatic carbocycles. The average Bonchev–Trinajstić information content (AvgIpc) is 3.23. The smallest absolute Gasteiger partial charge is 0.168 e. The molecule has 0 bridgehead atoms. The predicted octanol–water partition coefficient (Wildman–Crippen LogP) is 3.81. The number of hydrogen-bond donors (Lipinski definition) is 1. The molecule has 0 radical (unpaired) electrons. The number of carbonyl (C=O) groups is 1. The summed E-state index contributed by atoms with van der Waals surface area (Å²) in [5.41, 5.74) is 4.28. The second-order valence-electron chi connectivity index (χ2n) is 8.29. The molecular weight excluding hydrogens is 402 g/mol. The zero-order valence-corrected chi connectivity index (χ0v) is 18.2. The molecule has 0 unspecified atom stereocenters. The number of fused-ring (bicyclic) bond motifs is 2. The second kappa shape index (κ2) is 8.51. The van der Waals surface area contributed by atoms with Crippen molar-refractivity contribution in [1.82, 2.24) is 25.1 Å². The maximum Gasteiger partial charge on any atom is 0.168 e. The van der Waals surface area contributed by atoms with E-state index in [0.717, 1.165) is 53.4 Å². The Morgan fingerprint density at radius 3 is 2.78 bits per heavy atom. The Hall–Kier alpha value is -3.58. The molecule has 7 heteroatoms. The molecule has 2 aromatic heterocycles. The van der Waals surface area contributed by atoms with Crippen molar-refractivity contribution in [1.29, 1.82) is 0 Å². The van der Waals surface area contributed by atoms with Crippen LogP contribution in [0.25, 0.3) is 22.2 Å². The van der Waals surface area contributed by atoms with Crippen molar-refractivity contribution < 1.29 is 9.53 Å². The number of benzene rings is 2. The van der Waals surface area contributed by atoms with E-state index >= 15 is 0 Å². The van der Waals surface area contributed by atoms with E-state index in [1.807, 2.05) is 44.3 Å². The second-order valence-corrected chi connectivity index (χ2v) is 8.29. The number of imidazole rings is 1. The van der Waals surface area contributed by atoms with Crippen molar-refractivity contribution in [2.75, 3.05) is 6.54 Å². The predicted molar refractivity (Wildman–Crippen MR) is 123 cm³/mol.